The number of likely N-dealkylation sites (tertiary alicyclic amines) is 1. The predicted octanol–water partition coefficient (Wildman–Crippen LogP) is 4.64. The first-order chi connectivity index (χ1) is 16.5. The summed E-state index contributed by atoms with van der Waals surface area (Å²) >= 11 is 1.07. The third kappa shape index (κ3) is 6.86. The van der Waals surface area contributed by atoms with Crippen molar-refractivity contribution in [1.82, 2.24) is 4.90 Å². The van der Waals surface area contributed by atoms with Crippen LogP contribution in [0.2, 0.25) is 0 Å². The molecular weight excluding hydrogens is 464 g/mol. The quantitative estimate of drug-likeness (QED) is 0.549. The molecular formula is C27H38N2O5S. The van der Waals surface area contributed by atoms with E-state index in [1.807, 2.05) is 20.8 Å². The van der Waals surface area contributed by atoms with Crippen LogP contribution in [0, 0.1) is 29.1 Å². The molecule has 0 aromatic carbocycles. The Labute approximate surface area is 212 Å². The maximum absolute atomic E-state index is 14.0. The van der Waals surface area contributed by atoms with Crippen molar-refractivity contribution in [3.05, 3.63) is 15.8 Å². The van der Waals surface area contributed by atoms with E-state index in [2.05, 4.69) is 18.8 Å². The smallest absolute Gasteiger partial charge is 0.348 e. The second kappa shape index (κ2) is 11.6. The normalized spacial score (nSPS) is 22.9. The fourth-order valence-corrected chi connectivity index (χ4v) is 5.59. The molecule has 7 nitrogen and oxygen atoms in total. The zero-order valence-electron chi connectivity index (χ0n) is 21.6. The summed E-state index contributed by atoms with van der Waals surface area (Å²) in [4.78, 5) is 43.7. The van der Waals surface area contributed by atoms with Crippen LogP contribution in [-0.2, 0) is 14.3 Å². The Morgan fingerprint density at radius 2 is 1.91 bits per heavy atom. The van der Waals surface area contributed by atoms with E-state index < -0.39 is 12.0 Å². The van der Waals surface area contributed by atoms with Gasteiger partial charge in [-0.25, -0.2) is 4.79 Å². The molecule has 2 heterocycles. The molecule has 2 amide bonds. The summed E-state index contributed by atoms with van der Waals surface area (Å²) in [5.41, 5.74) is 0.0551. The molecule has 1 aliphatic heterocycles. The summed E-state index contributed by atoms with van der Waals surface area (Å²) in [5, 5.41) is 10.0. The van der Waals surface area contributed by atoms with Gasteiger partial charge in [-0.1, -0.05) is 18.8 Å². The maximum Gasteiger partial charge on any atom is 0.348 e. The number of anilines is 1. The second-order valence-corrected chi connectivity index (χ2v) is 11.8. The first-order valence-corrected chi connectivity index (χ1v) is 13.3. The molecule has 0 bridgehead atoms. The first kappa shape index (κ1) is 27.2. The fourth-order valence-electron chi connectivity index (χ4n) is 4.75. The van der Waals surface area contributed by atoms with Gasteiger partial charge >= 0.3 is 5.97 Å². The third-order valence-electron chi connectivity index (χ3n) is 6.71. The van der Waals surface area contributed by atoms with Gasteiger partial charge in [0.25, 0.3) is 0 Å². The van der Waals surface area contributed by atoms with Gasteiger partial charge in [0, 0.05) is 31.5 Å². The molecule has 35 heavy (non-hydrogen) atoms. The van der Waals surface area contributed by atoms with Crippen LogP contribution in [0.4, 0.5) is 5.69 Å². The summed E-state index contributed by atoms with van der Waals surface area (Å²) in [6.07, 6.45) is 4.69. The minimum atomic E-state index is -1.11. The highest BCUT2D eigenvalue weighted by molar-refractivity contribution is 7.15. The standard InChI is InChI=1S/C27H38N2O5S/c1-18-8-10-19(11-9-18)24(30)29(21-7-6-14-28(25(21)31)15-16-34-5)22-17-20(12-13-27(2,3)4)35-23(22)26(32)33/h17-19,21H,6-11,14-16H2,1-5H3,(H,32,33)/t18?,19?,21-/m0/s1. The van der Waals surface area contributed by atoms with E-state index in [9.17, 15) is 19.5 Å². The van der Waals surface area contributed by atoms with Gasteiger partial charge in [0.15, 0.2) is 0 Å². The zero-order valence-corrected chi connectivity index (χ0v) is 22.4. The number of aromatic carboxylic acids is 1. The molecule has 2 aliphatic rings. The van der Waals surface area contributed by atoms with Crippen LogP contribution in [0.1, 0.15) is 80.8 Å². The molecule has 1 saturated carbocycles. The van der Waals surface area contributed by atoms with E-state index in [0.29, 0.717) is 42.6 Å². The van der Waals surface area contributed by atoms with Gasteiger partial charge in [-0.15, -0.1) is 11.3 Å². The summed E-state index contributed by atoms with van der Waals surface area (Å²) in [6, 6.07) is 0.973. The first-order valence-electron chi connectivity index (χ1n) is 12.5. The predicted molar refractivity (Wildman–Crippen MR) is 138 cm³/mol. The fraction of sp³-hybridized carbons (Fsp3) is 0.667. The summed E-state index contributed by atoms with van der Waals surface area (Å²) in [7, 11) is 1.59. The van der Waals surface area contributed by atoms with E-state index in [-0.39, 0.29) is 28.0 Å². The average molecular weight is 503 g/mol. The number of nitrogens with zero attached hydrogens (tertiary/aromatic N) is 2. The van der Waals surface area contributed by atoms with Crippen LogP contribution in [0.15, 0.2) is 6.07 Å². The molecule has 2 fully saturated rings. The number of thiophene rings is 1. The van der Waals surface area contributed by atoms with E-state index in [1.165, 1.54) is 4.90 Å². The third-order valence-corrected chi connectivity index (χ3v) is 7.74. The van der Waals surface area contributed by atoms with Gasteiger partial charge < -0.3 is 14.7 Å². The van der Waals surface area contributed by atoms with Crippen molar-refractivity contribution in [2.24, 2.45) is 17.3 Å². The SMILES string of the molecule is COCCN1CCC[C@H](N(C(=O)C2CCC(C)CC2)c2cc(C#CC(C)(C)C)sc2C(=O)O)C1=O. The molecule has 3 rings (SSSR count). The van der Waals surface area contributed by atoms with Gasteiger partial charge in [-0.05, 0) is 71.3 Å². The molecule has 1 saturated heterocycles. The largest absolute Gasteiger partial charge is 0.477 e. The minimum absolute atomic E-state index is 0.0579. The Balaban J connectivity index is 2.05. The zero-order chi connectivity index (χ0) is 25.8. The molecule has 1 atom stereocenters. The number of carbonyl (C=O) groups excluding carboxylic acids is 2. The number of methoxy groups -OCH3 is 1. The van der Waals surface area contributed by atoms with Crippen molar-refractivity contribution in [2.45, 2.75) is 72.3 Å². The van der Waals surface area contributed by atoms with Crippen molar-refractivity contribution in [1.29, 1.82) is 0 Å². The Hall–Kier alpha value is -2.37. The van der Waals surface area contributed by atoms with Gasteiger partial charge in [-0.3, -0.25) is 14.5 Å². The number of rotatable bonds is 7. The van der Waals surface area contributed by atoms with Crippen molar-refractivity contribution >= 4 is 34.8 Å². The average Bonchev–Trinajstić information content (AvgIpc) is 3.22. The van der Waals surface area contributed by atoms with E-state index in [0.717, 1.165) is 43.4 Å². The van der Waals surface area contributed by atoms with Crippen LogP contribution in [0.5, 0.6) is 0 Å². The summed E-state index contributed by atoms with van der Waals surface area (Å²) in [6.45, 7) is 9.63. The highest BCUT2D eigenvalue weighted by Crippen LogP contribution is 2.38. The number of carboxylic acids is 1. The van der Waals surface area contributed by atoms with Crippen molar-refractivity contribution in [3.8, 4) is 11.8 Å². The monoisotopic (exact) mass is 502 g/mol. The lowest BCUT2D eigenvalue weighted by Gasteiger charge is -2.40. The van der Waals surface area contributed by atoms with Crippen LogP contribution < -0.4 is 4.90 Å². The molecule has 1 aromatic rings. The van der Waals surface area contributed by atoms with Crippen LogP contribution >= 0.6 is 11.3 Å². The molecule has 0 unspecified atom stereocenters. The van der Waals surface area contributed by atoms with Crippen LogP contribution in [0.3, 0.4) is 0 Å². The second-order valence-electron chi connectivity index (χ2n) is 10.8. The molecule has 8 heteroatoms. The number of carboxylic acid groups (broad SMARTS) is 1. The lowest BCUT2D eigenvalue weighted by atomic mass is 9.82. The van der Waals surface area contributed by atoms with Gasteiger partial charge in [0.05, 0.1) is 17.2 Å². The number of amides is 2. The lowest BCUT2D eigenvalue weighted by molar-refractivity contribution is -0.138. The highest BCUT2D eigenvalue weighted by Gasteiger charge is 2.41. The number of ether oxygens (including phenoxy) is 1. The van der Waals surface area contributed by atoms with E-state index >= 15 is 0 Å². The molecule has 192 valence electrons. The van der Waals surface area contributed by atoms with Crippen LogP contribution in [-0.4, -0.2) is 60.6 Å². The Morgan fingerprint density at radius 1 is 1.23 bits per heavy atom. The number of hydrogen-bond donors (Lipinski definition) is 1. The number of hydrogen-bond acceptors (Lipinski definition) is 5. The Bertz CT molecular complexity index is 991. The van der Waals surface area contributed by atoms with Crippen molar-refractivity contribution < 1.29 is 24.2 Å². The van der Waals surface area contributed by atoms with Crippen molar-refractivity contribution in [3.63, 3.8) is 0 Å². The van der Waals surface area contributed by atoms with Gasteiger partial charge in [0.2, 0.25) is 11.8 Å². The van der Waals surface area contributed by atoms with Crippen molar-refractivity contribution in [2.75, 3.05) is 31.7 Å². The summed E-state index contributed by atoms with van der Waals surface area (Å²) in [5.74, 6) is 5.21. The van der Waals surface area contributed by atoms with E-state index in [1.54, 1.807) is 18.1 Å². The Kier molecular flexibility index (Phi) is 9.00. The lowest BCUT2D eigenvalue weighted by Crippen LogP contribution is -2.56. The molecule has 0 radical (unpaired) electrons. The maximum atomic E-state index is 14.0. The van der Waals surface area contributed by atoms with Gasteiger partial charge in [-0.2, -0.15) is 0 Å². The summed E-state index contributed by atoms with van der Waals surface area (Å²) < 4.78 is 5.17. The molecule has 1 N–H and O–H groups in total. The van der Waals surface area contributed by atoms with E-state index in [4.69, 9.17) is 4.74 Å². The molecule has 0 spiro atoms. The highest BCUT2D eigenvalue weighted by atomic mass is 32.1. The number of carbonyl (C=O) groups is 3. The molecule has 1 aromatic heterocycles. The topological polar surface area (TPSA) is 87.2 Å². The minimum Gasteiger partial charge on any atom is -0.477 e. The number of piperidine rings is 1. The molecule has 1 aliphatic carbocycles. The van der Waals surface area contributed by atoms with Crippen LogP contribution in [0.25, 0.3) is 0 Å². The van der Waals surface area contributed by atoms with Gasteiger partial charge in [0.1, 0.15) is 10.9 Å². The Morgan fingerprint density at radius 3 is 2.51 bits per heavy atom.